The molecular weight excluding hydrogens is 377 g/mol. The van der Waals surface area contributed by atoms with Crippen LogP contribution in [0, 0.1) is 0 Å². The van der Waals surface area contributed by atoms with Crippen LogP contribution in [0.2, 0.25) is 0 Å². The van der Waals surface area contributed by atoms with Crippen LogP contribution in [0.3, 0.4) is 0 Å². The molecule has 0 aromatic carbocycles. The Bertz CT molecular complexity index is 254. The Balaban J connectivity index is 0. The van der Waals surface area contributed by atoms with Crippen molar-refractivity contribution in [3.05, 3.63) is 30.6 Å². The van der Waals surface area contributed by atoms with Gasteiger partial charge in [0, 0.05) is 18.3 Å². The number of rotatable bonds is 14. The molecule has 0 spiro atoms. The third-order valence-electron chi connectivity index (χ3n) is 4.05. The van der Waals surface area contributed by atoms with Crippen molar-refractivity contribution >= 4 is 29.6 Å². The second-order valence-corrected chi connectivity index (χ2v) is 6.69. The Morgan fingerprint density at radius 2 is 0.958 bits per heavy atom. The standard InChI is InChI=1S/C16H33Cl.C5H5N.AsH3/c1-2-3-4-5-6-7-8-9-10-11-12-13-14-15-16-17;1-2-4-6-5-3-1;/h2-16H2,1H3;1-5H;1H3. The zero-order valence-electron chi connectivity index (χ0n) is 16.0. The first-order chi connectivity index (χ1) is 11.4. The minimum absolute atomic E-state index is 0. The van der Waals surface area contributed by atoms with Crippen molar-refractivity contribution in [2.45, 2.75) is 96.8 Å². The number of unbranched alkanes of at least 4 members (excludes halogenated alkanes) is 13. The van der Waals surface area contributed by atoms with Crippen molar-refractivity contribution in [2.24, 2.45) is 0 Å². The van der Waals surface area contributed by atoms with Crippen molar-refractivity contribution in [3.63, 3.8) is 0 Å². The first-order valence-electron chi connectivity index (χ1n) is 9.82. The van der Waals surface area contributed by atoms with E-state index in [0.717, 1.165) is 5.88 Å². The summed E-state index contributed by atoms with van der Waals surface area (Å²) in [5, 5.41) is 0. The molecule has 0 N–H and O–H groups in total. The number of halogens is 1. The smallest absolute Gasteiger partial charge is 0.0267 e. The molecule has 0 fully saturated rings. The molecule has 24 heavy (non-hydrogen) atoms. The van der Waals surface area contributed by atoms with Gasteiger partial charge in [-0.05, 0) is 18.6 Å². The van der Waals surface area contributed by atoms with E-state index in [1.165, 1.54) is 89.9 Å². The van der Waals surface area contributed by atoms with Crippen molar-refractivity contribution in [3.8, 4) is 0 Å². The summed E-state index contributed by atoms with van der Waals surface area (Å²) >= 11 is 5.64. The van der Waals surface area contributed by atoms with Crippen LogP contribution < -0.4 is 0 Å². The summed E-state index contributed by atoms with van der Waals surface area (Å²) in [5.41, 5.74) is 0. The van der Waals surface area contributed by atoms with Gasteiger partial charge in [-0.25, -0.2) is 0 Å². The van der Waals surface area contributed by atoms with Crippen molar-refractivity contribution in [2.75, 3.05) is 5.88 Å². The third-order valence-corrected chi connectivity index (χ3v) is 4.32. The fourth-order valence-electron chi connectivity index (χ4n) is 2.60. The molecule has 0 aliphatic carbocycles. The van der Waals surface area contributed by atoms with Gasteiger partial charge in [0.25, 0.3) is 0 Å². The van der Waals surface area contributed by atoms with Crippen molar-refractivity contribution < 1.29 is 0 Å². The molecular formula is C21H41AsClN. The molecule has 1 heterocycles. The minimum atomic E-state index is 0. The number of nitrogens with zero attached hydrogens (tertiary/aromatic N) is 1. The maximum atomic E-state index is 5.64. The number of hydrogen-bond donors (Lipinski definition) is 0. The van der Waals surface area contributed by atoms with E-state index in [1.54, 1.807) is 12.4 Å². The van der Waals surface area contributed by atoms with Gasteiger partial charge in [0.1, 0.15) is 0 Å². The summed E-state index contributed by atoms with van der Waals surface area (Å²) in [5.74, 6) is 0.845. The van der Waals surface area contributed by atoms with Gasteiger partial charge < -0.3 is 0 Å². The van der Waals surface area contributed by atoms with Crippen LogP contribution in [0.4, 0.5) is 0 Å². The van der Waals surface area contributed by atoms with Crippen LogP contribution in [0.25, 0.3) is 0 Å². The van der Waals surface area contributed by atoms with Crippen LogP contribution in [0.5, 0.6) is 0 Å². The van der Waals surface area contributed by atoms with Gasteiger partial charge in [0.15, 0.2) is 0 Å². The average molecular weight is 418 g/mol. The SMILES string of the molecule is CCCCCCCCCCCCCCCCCl.[AsH3].c1ccncc1. The third kappa shape index (κ3) is 24.3. The van der Waals surface area contributed by atoms with Crippen LogP contribution >= 0.6 is 11.6 Å². The van der Waals surface area contributed by atoms with Crippen molar-refractivity contribution in [1.82, 2.24) is 4.98 Å². The molecule has 1 unspecified atom stereocenters. The van der Waals surface area contributed by atoms with E-state index in [4.69, 9.17) is 11.6 Å². The number of alkyl halides is 1. The summed E-state index contributed by atoms with van der Waals surface area (Å²) in [6.07, 6.45) is 23.3. The fourth-order valence-corrected chi connectivity index (χ4v) is 2.79. The van der Waals surface area contributed by atoms with Crippen LogP contribution in [-0.2, 0) is 0 Å². The molecule has 1 aromatic rings. The van der Waals surface area contributed by atoms with E-state index >= 15 is 0 Å². The van der Waals surface area contributed by atoms with Crippen LogP contribution in [0.15, 0.2) is 30.6 Å². The zero-order chi connectivity index (χ0) is 16.8. The second-order valence-electron chi connectivity index (χ2n) is 6.31. The Kier molecular flexibility index (Phi) is 27.6. The first kappa shape index (κ1) is 26.2. The maximum absolute atomic E-state index is 5.64. The molecule has 0 aliphatic rings. The number of aromatic nitrogens is 1. The average Bonchev–Trinajstić information content (AvgIpc) is 2.61. The van der Waals surface area contributed by atoms with Gasteiger partial charge in [-0.2, -0.15) is 0 Å². The zero-order valence-corrected chi connectivity index (χ0v) is 19.7. The Hall–Kier alpha value is -0.00156. The van der Waals surface area contributed by atoms with Gasteiger partial charge in [-0.1, -0.05) is 96.5 Å². The van der Waals surface area contributed by atoms with E-state index < -0.39 is 0 Å². The molecule has 0 radical (unpaired) electrons. The molecule has 0 amide bonds. The molecule has 0 aliphatic heterocycles. The summed E-state index contributed by atoms with van der Waals surface area (Å²) in [4.78, 5) is 3.78. The number of hydrogen-bond acceptors (Lipinski definition) is 1. The maximum Gasteiger partial charge on any atom is 0.0267 e. The fraction of sp³-hybridized carbons (Fsp3) is 0.762. The molecule has 3 heteroatoms. The van der Waals surface area contributed by atoms with E-state index in [2.05, 4.69) is 11.9 Å². The molecule has 0 bridgehead atoms. The molecule has 1 nitrogen and oxygen atoms in total. The normalized spacial score (nSPS) is 9.75. The van der Waals surface area contributed by atoms with Crippen LogP contribution in [0.1, 0.15) is 96.8 Å². The summed E-state index contributed by atoms with van der Waals surface area (Å²) in [7, 11) is 0. The Morgan fingerprint density at radius 3 is 1.21 bits per heavy atom. The molecule has 1 rings (SSSR count). The quantitative estimate of drug-likeness (QED) is 0.189. The Labute approximate surface area is 167 Å². The number of pyridine rings is 1. The summed E-state index contributed by atoms with van der Waals surface area (Å²) in [6.45, 7) is 2.28. The van der Waals surface area contributed by atoms with E-state index in [1.807, 2.05) is 18.2 Å². The van der Waals surface area contributed by atoms with Crippen molar-refractivity contribution in [1.29, 1.82) is 0 Å². The molecule has 0 saturated heterocycles. The minimum Gasteiger partial charge on any atom is -0.265 e. The topological polar surface area (TPSA) is 12.9 Å². The largest absolute Gasteiger partial charge is 0.265 e. The second kappa shape index (κ2) is 25.2. The molecule has 1 aromatic heterocycles. The monoisotopic (exact) mass is 417 g/mol. The van der Waals surface area contributed by atoms with Gasteiger partial charge in [0.2, 0.25) is 0 Å². The molecule has 0 saturated carbocycles. The first-order valence-corrected chi connectivity index (χ1v) is 10.4. The predicted octanol–water partition coefficient (Wildman–Crippen LogP) is 6.60. The van der Waals surface area contributed by atoms with Gasteiger partial charge in [-0.3, -0.25) is 4.98 Å². The van der Waals surface area contributed by atoms with Crippen LogP contribution in [-0.4, -0.2) is 28.8 Å². The Morgan fingerprint density at radius 1 is 0.583 bits per heavy atom. The van der Waals surface area contributed by atoms with E-state index in [9.17, 15) is 0 Å². The summed E-state index contributed by atoms with van der Waals surface area (Å²) < 4.78 is 0. The summed E-state index contributed by atoms with van der Waals surface area (Å²) in [6, 6.07) is 5.72. The molecule has 142 valence electrons. The van der Waals surface area contributed by atoms with Gasteiger partial charge >= 0.3 is 18.0 Å². The van der Waals surface area contributed by atoms with Gasteiger partial charge in [-0.15, -0.1) is 11.6 Å². The van der Waals surface area contributed by atoms with Gasteiger partial charge in [0.05, 0.1) is 0 Å². The predicted molar refractivity (Wildman–Crippen MR) is 115 cm³/mol. The van der Waals surface area contributed by atoms with E-state index in [0.29, 0.717) is 0 Å². The van der Waals surface area contributed by atoms with E-state index in [-0.39, 0.29) is 18.0 Å². The molecule has 1 atom stereocenters.